The maximum absolute atomic E-state index is 11.3. The molecule has 92 valence electrons. The third-order valence-electron chi connectivity index (χ3n) is 3.49. The number of hydrogen-bond acceptors (Lipinski definition) is 3. The van der Waals surface area contributed by atoms with Gasteiger partial charge in [-0.2, -0.15) is 0 Å². The van der Waals surface area contributed by atoms with Crippen molar-refractivity contribution in [2.24, 2.45) is 5.92 Å². The van der Waals surface area contributed by atoms with E-state index in [0.717, 1.165) is 43.5 Å². The van der Waals surface area contributed by atoms with Gasteiger partial charge in [-0.25, -0.2) is 0 Å². The van der Waals surface area contributed by atoms with E-state index in [2.05, 4.69) is 5.32 Å². The summed E-state index contributed by atoms with van der Waals surface area (Å²) in [5.74, 6) is 1.27. The Bertz CT molecular complexity index is 355. The van der Waals surface area contributed by atoms with Crippen molar-refractivity contribution >= 4 is 6.29 Å². The molecule has 3 heteroatoms. The topological polar surface area (TPSA) is 38.3 Å². The minimum absolute atomic E-state index is 0.00806. The summed E-state index contributed by atoms with van der Waals surface area (Å²) in [6.45, 7) is 2.01. The van der Waals surface area contributed by atoms with Crippen LogP contribution in [0.2, 0.25) is 0 Å². The Morgan fingerprint density at radius 3 is 2.71 bits per heavy atom. The predicted octanol–water partition coefficient (Wildman–Crippen LogP) is 1.98. The van der Waals surface area contributed by atoms with Crippen LogP contribution in [0.15, 0.2) is 24.3 Å². The van der Waals surface area contributed by atoms with Crippen LogP contribution in [-0.2, 0) is 4.79 Å². The van der Waals surface area contributed by atoms with Crippen LogP contribution in [0.25, 0.3) is 0 Å². The molecule has 0 amide bonds. The first kappa shape index (κ1) is 12.1. The van der Waals surface area contributed by atoms with E-state index in [1.54, 1.807) is 7.11 Å². The Kier molecular flexibility index (Phi) is 4.15. The van der Waals surface area contributed by atoms with Crippen LogP contribution in [0.4, 0.5) is 0 Å². The monoisotopic (exact) mass is 233 g/mol. The molecular formula is C14H19NO2. The van der Waals surface area contributed by atoms with E-state index in [1.165, 1.54) is 0 Å². The second-order valence-corrected chi connectivity index (χ2v) is 4.54. The molecule has 1 aliphatic heterocycles. The lowest BCUT2D eigenvalue weighted by molar-refractivity contribution is -0.110. The zero-order valence-electron chi connectivity index (χ0n) is 10.2. The summed E-state index contributed by atoms with van der Waals surface area (Å²) >= 11 is 0. The van der Waals surface area contributed by atoms with E-state index in [0.29, 0.717) is 5.92 Å². The molecule has 1 aromatic rings. The lowest BCUT2D eigenvalue weighted by Crippen LogP contribution is -2.33. The van der Waals surface area contributed by atoms with Crippen LogP contribution >= 0.6 is 0 Å². The van der Waals surface area contributed by atoms with Gasteiger partial charge in [0, 0.05) is 5.92 Å². The molecule has 0 saturated carbocycles. The van der Waals surface area contributed by atoms with E-state index >= 15 is 0 Å². The Morgan fingerprint density at radius 1 is 1.41 bits per heavy atom. The Morgan fingerprint density at radius 2 is 2.18 bits per heavy atom. The molecule has 0 aromatic heterocycles. The second kappa shape index (κ2) is 5.82. The van der Waals surface area contributed by atoms with Crippen molar-refractivity contribution < 1.29 is 9.53 Å². The van der Waals surface area contributed by atoms with Gasteiger partial charge in [-0.3, -0.25) is 0 Å². The Labute approximate surface area is 102 Å². The molecule has 0 spiro atoms. The molecule has 17 heavy (non-hydrogen) atoms. The fraction of sp³-hybridized carbons (Fsp3) is 0.500. The number of rotatable bonds is 4. The standard InChI is InChI=1S/C14H19NO2/c1-17-13-6-4-11(5-7-13)14(10-16)12-3-2-8-15-9-12/h4-7,10,12,14-15H,2-3,8-9H2,1H3. The molecule has 1 heterocycles. The van der Waals surface area contributed by atoms with Crippen molar-refractivity contribution in [3.63, 3.8) is 0 Å². The maximum atomic E-state index is 11.3. The summed E-state index contributed by atoms with van der Waals surface area (Å²) in [5, 5.41) is 3.36. The normalized spacial score (nSPS) is 21.8. The largest absolute Gasteiger partial charge is 0.497 e. The van der Waals surface area contributed by atoms with Crippen molar-refractivity contribution in [2.45, 2.75) is 18.8 Å². The molecule has 1 fully saturated rings. The predicted molar refractivity (Wildman–Crippen MR) is 67.4 cm³/mol. The highest BCUT2D eigenvalue weighted by Crippen LogP contribution is 2.28. The van der Waals surface area contributed by atoms with Gasteiger partial charge in [0.05, 0.1) is 7.11 Å². The lowest BCUT2D eigenvalue weighted by atomic mass is 9.82. The van der Waals surface area contributed by atoms with Gasteiger partial charge < -0.3 is 14.8 Å². The zero-order valence-corrected chi connectivity index (χ0v) is 10.2. The lowest BCUT2D eigenvalue weighted by Gasteiger charge is -2.27. The van der Waals surface area contributed by atoms with Gasteiger partial charge >= 0.3 is 0 Å². The third kappa shape index (κ3) is 2.86. The second-order valence-electron chi connectivity index (χ2n) is 4.54. The van der Waals surface area contributed by atoms with Gasteiger partial charge in [0.15, 0.2) is 0 Å². The number of benzene rings is 1. The van der Waals surface area contributed by atoms with Gasteiger partial charge in [0.25, 0.3) is 0 Å². The van der Waals surface area contributed by atoms with Crippen molar-refractivity contribution in [1.29, 1.82) is 0 Å². The summed E-state index contributed by atoms with van der Waals surface area (Å²) in [5.41, 5.74) is 1.09. The summed E-state index contributed by atoms with van der Waals surface area (Å²) in [7, 11) is 1.65. The summed E-state index contributed by atoms with van der Waals surface area (Å²) in [4.78, 5) is 11.3. The van der Waals surface area contributed by atoms with E-state index in [-0.39, 0.29) is 5.92 Å². The van der Waals surface area contributed by atoms with Crippen molar-refractivity contribution in [1.82, 2.24) is 5.32 Å². The molecule has 0 aliphatic carbocycles. The highest BCUT2D eigenvalue weighted by Gasteiger charge is 2.24. The van der Waals surface area contributed by atoms with Gasteiger partial charge in [-0.05, 0) is 49.5 Å². The van der Waals surface area contributed by atoms with Crippen LogP contribution in [0.1, 0.15) is 24.3 Å². The molecule has 1 saturated heterocycles. The molecule has 2 atom stereocenters. The first-order valence-corrected chi connectivity index (χ1v) is 6.15. The number of carbonyl (C=O) groups is 1. The van der Waals surface area contributed by atoms with Crippen molar-refractivity contribution in [3.8, 4) is 5.75 Å². The molecule has 1 aliphatic rings. The van der Waals surface area contributed by atoms with E-state index < -0.39 is 0 Å². The van der Waals surface area contributed by atoms with Gasteiger partial charge in [-0.15, -0.1) is 0 Å². The number of carbonyl (C=O) groups excluding carboxylic acids is 1. The highest BCUT2D eigenvalue weighted by atomic mass is 16.5. The van der Waals surface area contributed by atoms with E-state index in [9.17, 15) is 4.79 Å². The van der Waals surface area contributed by atoms with Gasteiger partial charge in [0.1, 0.15) is 12.0 Å². The highest BCUT2D eigenvalue weighted by molar-refractivity contribution is 5.63. The van der Waals surface area contributed by atoms with Crippen molar-refractivity contribution in [3.05, 3.63) is 29.8 Å². The number of hydrogen-bond donors (Lipinski definition) is 1. The summed E-state index contributed by atoms with van der Waals surface area (Å²) in [6, 6.07) is 7.82. The first-order valence-electron chi connectivity index (χ1n) is 6.15. The average molecular weight is 233 g/mol. The van der Waals surface area contributed by atoms with E-state index in [1.807, 2.05) is 24.3 Å². The maximum Gasteiger partial charge on any atom is 0.127 e. The fourth-order valence-electron chi connectivity index (χ4n) is 2.47. The van der Waals surface area contributed by atoms with Crippen LogP contribution in [0, 0.1) is 5.92 Å². The smallest absolute Gasteiger partial charge is 0.127 e. The third-order valence-corrected chi connectivity index (χ3v) is 3.49. The number of nitrogens with one attached hydrogen (secondary N) is 1. The minimum atomic E-state index is 0.00806. The SMILES string of the molecule is COc1ccc(C(C=O)C2CCCNC2)cc1. The van der Waals surface area contributed by atoms with Gasteiger partial charge in [0.2, 0.25) is 0 Å². The molecule has 2 rings (SSSR count). The molecule has 0 bridgehead atoms. The fourth-order valence-corrected chi connectivity index (χ4v) is 2.47. The average Bonchev–Trinajstić information content (AvgIpc) is 2.42. The molecule has 3 nitrogen and oxygen atoms in total. The molecule has 1 N–H and O–H groups in total. The quantitative estimate of drug-likeness (QED) is 0.808. The number of ether oxygens (including phenoxy) is 1. The van der Waals surface area contributed by atoms with Crippen LogP contribution in [0.5, 0.6) is 5.75 Å². The number of aldehydes is 1. The number of piperidine rings is 1. The molecule has 0 radical (unpaired) electrons. The number of methoxy groups -OCH3 is 1. The van der Waals surface area contributed by atoms with Crippen LogP contribution < -0.4 is 10.1 Å². The summed E-state index contributed by atoms with van der Waals surface area (Å²) < 4.78 is 5.13. The van der Waals surface area contributed by atoms with E-state index in [4.69, 9.17) is 4.74 Å². The first-order chi connectivity index (χ1) is 8.35. The van der Waals surface area contributed by atoms with Crippen LogP contribution in [0.3, 0.4) is 0 Å². The molecule has 2 unspecified atom stereocenters. The summed E-state index contributed by atoms with van der Waals surface area (Å²) in [6.07, 6.45) is 3.37. The van der Waals surface area contributed by atoms with Crippen molar-refractivity contribution in [2.75, 3.05) is 20.2 Å². The molecule has 1 aromatic carbocycles. The molecular weight excluding hydrogens is 214 g/mol. The Hall–Kier alpha value is -1.35. The minimum Gasteiger partial charge on any atom is -0.497 e. The zero-order chi connectivity index (χ0) is 12.1. The van der Waals surface area contributed by atoms with Crippen LogP contribution in [-0.4, -0.2) is 26.5 Å². The van der Waals surface area contributed by atoms with Gasteiger partial charge in [-0.1, -0.05) is 12.1 Å². The Balaban J connectivity index is 2.12.